The van der Waals surface area contributed by atoms with E-state index < -0.39 is 0 Å². The first-order valence-corrected chi connectivity index (χ1v) is 6.17. The zero-order valence-electron chi connectivity index (χ0n) is 10.4. The Labute approximate surface area is 97.9 Å². The second-order valence-corrected chi connectivity index (χ2v) is 4.58. The lowest BCUT2D eigenvalue weighted by Crippen LogP contribution is -2.34. The van der Waals surface area contributed by atoms with Crippen LogP contribution in [0.2, 0.25) is 0 Å². The van der Waals surface area contributed by atoms with Crippen LogP contribution in [0.5, 0.6) is 0 Å². The van der Waals surface area contributed by atoms with Crippen LogP contribution in [0.25, 0.3) is 0 Å². The molecule has 0 radical (unpaired) electrons. The molecule has 0 aromatic carbocycles. The average Bonchev–Trinajstić information content (AvgIpc) is 2.70. The Morgan fingerprint density at radius 1 is 1.44 bits per heavy atom. The molecule has 3 nitrogen and oxygen atoms in total. The van der Waals surface area contributed by atoms with E-state index in [-0.39, 0.29) is 0 Å². The third-order valence-corrected chi connectivity index (χ3v) is 3.57. The largest absolute Gasteiger partial charge is 0.387 e. The van der Waals surface area contributed by atoms with E-state index in [9.17, 15) is 0 Å². The second-order valence-electron chi connectivity index (χ2n) is 4.58. The minimum atomic E-state index is 0.638. The van der Waals surface area contributed by atoms with Crippen molar-refractivity contribution < 1.29 is 0 Å². The van der Waals surface area contributed by atoms with Crippen LogP contribution < -0.4 is 10.2 Å². The van der Waals surface area contributed by atoms with E-state index in [1.807, 2.05) is 19.4 Å². The van der Waals surface area contributed by atoms with Gasteiger partial charge in [-0.2, -0.15) is 0 Å². The topological polar surface area (TPSA) is 28.2 Å². The van der Waals surface area contributed by atoms with E-state index in [0.29, 0.717) is 12.1 Å². The Morgan fingerprint density at radius 2 is 2.25 bits per heavy atom. The number of hydrogen-bond acceptors (Lipinski definition) is 3. The Morgan fingerprint density at radius 3 is 2.94 bits per heavy atom. The van der Waals surface area contributed by atoms with Crippen LogP contribution in [0.1, 0.15) is 33.1 Å². The summed E-state index contributed by atoms with van der Waals surface area (Å²) in [5, 5.41) is 3.15. The molecule has 2 atom stereocenters. The lowest BCUT2D eigenvalue weighted by atomic mass is 10.1. The SMILES string of the molecule is CCC1CCC(C)N1c1cncc(NC)c1. The molecule has 3 heteroatoms. The van der Waals surface area contributed by atoms with Gasteiger partial charge in [0.25, 0.3) is 0 Å². The van der Waals surface area contributed by atoms with Crippen LogP contribution in [-0.4, -0.2) is 24.1 Å². The molecular weight excluding hydrogens is 198 g/mol. The highest BCUT2D eigenvalue weighted by molar-refractivity contribution is 5.57. The van der Waals surface area contributed by atoms with Crippen molar-refractivity contribution in [2.75, 3.05) is 17.3 Å². The molecule has 1 saturated heterocycles. The molecule has 1 fully saturated rings. The number of nitrogens with zero attached hydrogens (tertiary/aromatic N) is 2. The lowest BCUT2D eigenvalue weighted by molar-refractivity contribution is 0.627. The first-order chi connectivity index (χ1) is 7.76. The molecule has 1 aromatic rings. The zero-order valence-corrected chi connectivity index (χ0v) is 10.4. The van der Waals surface area contributed by atoms with E-state index in [4.69, 9.17) is 0 Å². The minimum Gasteiger partial charge on any atom is -0.387 e. The molecule has 0 bridgehead atoms. The van der Waals surface area contributed by atoms with Crippen molar-refractivity contribution in [1.82, 2.24) is 4.98 Å². The summed E-state index contributed by atoms with van der Waals surface area (Å²) in [6.07, 6.45) is 7.66. The predicted molar refractivity (Wildman–Crippen MR) is 69.0 cm³/mol. The van der Waals surface area contributed by atoms with Crippen LogP contribution in [0, 0.1) is 0 Å². The Kier molecular flexibility index (Phi) is 3.32. The molecule has 2 rings (SSSR count). The average molecular weight is 219 g/mol. The first-order valence-electron chi connectivity index (χ1n) is 6.17. The molecule has 1 aromatic heterocycles. The third kappa shape index (κ3) is 1.99. The van der Waals surface area contributed by atoms with E-state index in [2.05, 4.69) is 35.1 Å². The van der Waals surface area contributed by atoms with E-state index >= 15 is 0 Å². The normalized spacial score (nSPS) is 24.8. The van der Waals surface area contributed by atoms with E-state index in [1.165, 1.54) is 24.9 Å². The summed E-state index contributed by atoms with van der Waals surface area (Å²) in [4.78, 5) is 6.82. The van der Waals surface area contributed by atoms with Gasteiger partial charge in [0.2, 0.25) is 0 Å². The van der Waals surface area contributed by atoms with Gasteiger partial charge < -0.3 is 10.2 Å². The first kappa shape index (κ1) is 11.2. The Bertz CT molecular complexity index is 351. The number of anilines is 2. The lowest BCUT2D eigenvalue weighted by Gasteiger charge is -2.30. The molecular formula is C13H21N3. The quantitative estimate of drug-likeness (QED) is 0.847. The smallest absolute Gasteiger partial charge is 0.0578 e. The minimum absolute atomic E-state index is 0.638. The molecule has 16 heavy (non-hydrogen) atoms. The highest BCUT2D eigenvalue weighted by Crippen LogP contribution is 2.32. The monoisotopic (exact) mass is 219 g/mol. The fraction of sp³-hybridized carbons (Fsp3) is 0.615. The summed E-state index contributed by atoms with van der Waals surface area (Å²) in [6.45, 7) is 4.58. The molecule has 2 unspecified atom stereocenters. The molecule has 0 aliphatic carbocycles. The van der Waals surface area contributed by atoms with Gasteiger partial charge in [0.1, 0.15) is 0 Å². The van der Waals surface area contributed by atoms with Crippen molar-refractivity contribution in [2.45, 2.75) is 45.2 Å². The van der Waals surface area contributed by atoms with Crippen molar-refractivity contribution in [1.29, 1.82) is 0 Å². The van der Waals surface area contributed by atoms with Gasteiger partial charge >= 0.3 is 0 Å². The fourth-order valence-corrected chi connectivity index (χ4v) is 2.64. The molecule has 0 spiro atoms. The number of nitrogens with one attached hydrogen (secondary N) is 1. The van der Waals surface area contributed by atoms with Gasteiger partial charge in [0.05, 0.1) is 23.8 Å². The van der Waals surface area contributed by atoms with Crippen molar-refractivity contribution in [3.05, 3.63) is 18.5 Å². The van der Waals surface area contributed by atoms with Crippen molar-refractivity contribution >= 4 is 11.4 Å². The van der Waals surface area contributed by atoms with Gasteiger partial charge in [-0.1, -0.05) is 6.92 Å². The summed E-state index contributed by atoms with van der Waals surface area (Å²) < 4.78 is 0. The summed E-state index contributed by atoms with van der Waals surface area (Å²) in [5.41, 5.74) is 2.34. The van der Waals surface area contributed by atoms with Crippen LogP contribution in [0.3, 0.4) is 0 Å². The molecule has 1 aliphatic heterocycles. The van der Waals surface area contributed by atoms with Crippen LogP contribution >= 0.6 is 0 Å². The molecule has 0 saturated carbocycles. The number of aromatic nitrogens is 1. The standard InChI is InChI=1S/C13H21N3/c1-4-12-6-5-10(2)16(12)13-7-11(14-3)8-15-9-13/h7-10,12,14H,4-6H2,1-3H3. The molecule has 1 aliphatic rings. The highest BCUT2D eigenvalue weighted by Gasteiger charge is 2.29. The van der Waals surface area contributed by atoms with Gasteiger partial charge in [0.15, 0.2) is 0 Å². The van der Waals surface area contributed by atoms with Crippen LogP contribution in [0.15, 0.2) is 18.5 Å². The maximum Gasteiger partial charge on any atom is 0.0578 e. The van der Waals surface area contributed by atoms with Gasteiger partial charge in [-0.15, -0.1) is 0 Å². The molecule has 1 N–H and O–H groups in total. The number of rotatable bonds is 3. The molecule has 0 amide bonds. The molecule has 88 valence electrons. The Hall–Kier alpha value is -1.25. The maximum atomic E-state index is 4.30. The zero-order chi connectivity index (χ0) is 11.5. The summed E-state index contributed by atoms with van der Waals surface area (Å²) >= 11 is 0. The number of pyridine rings is 1. The van der Waals surface area contributed by atoms with E-state index in [0.717, 1.165) is 5.69 Å². The number of hydrogen-bond donors (Lipinski definition) is 1. The van der Waals surface area contributed by atoms with Crippen LogP contribution in [-0.2, 0) is 0 Å². The maximum absolute atomic E-state index is 4.30. The predicted octanol–water partition coefficient (Wildman–Crippen LogP) is 2.89. The van der Waals surface area contributed by atoms with Gasteiger partial charge in [-0.3, -0.25) is 4.98 Å². The fourth-order valence-electron chi connectivity index (χ4n) is 2.64. The van der Waals surface area contributed by atoms with Crippen molar-refractivity contribution in [2.24, 2.45) is 0 Å². The summed E-state index contributed by atoms with van der Waals surface area (Å²) in [6, 6.07) is 3.51. The van der Waals surface area contributed by atoms with E-state index in [1.54, 1.807) is 0 Å². The summed E-state index contributed by atoms with van der Waals surface area (Å²) in [5.74, 6) is 0. The van der Waals surface area contributed by atoms with Gasteiger partial charge in [-0.05, 0) is 32.3 Å². The Balaban J connectivity index is 2.27. The molecule has 2 heterocycles. The second kappa shape index (κ2) is 4.73. The van der Waals surface area contributed by atoms with Gasteiger partial charge in [0, 0.05) is 19.1 Å². The highest BCUT2D eigenvalue weighted by atomic mass is 15.2. The van der Waals surface area contributed by atoms with Crippen molar-refractivity contribution in [3.8, 4) is 0 Å². The third-order valence-electron chi connectivity index (χ3n) is 3.57. The van der Waals surface area contributed by atoms with Crippen molar-refractivity contribution in [3.63, 3.8) is 0 Å². The van der Waals surface area contributed by atoms with Crippen LogP contribution in [0.4, 0.5) is 11.4 Å². The summed E-state index contributed by atoms with van der Waals surface area (Å²) in [7, 11) is 1.94. The van der Waals surface area contributed by atoms with Gasteiger partial charge in [-0.25, -0.2) is 0 Å².